The van der Waals surface area contributed by atoms with Gasteiger partial charge in [-0.1, -0.05) is 109 Å². The Balaban J connectivity index is 1.92. The Hall–Kier alpha value is -2.73. The first kappa shape index (κ1) is 22.5. The molecular weight excluding hydrogens is 405 g/mol. The number of nitrogens with zero attached hydrogens (tertiary/aromatic N) is 1. The van der Waals surface area contributed by atoms with E-state index in [1.807, 2.05) is 0 Å². The minimum absolute atomic E-state index is 0.261. The van der Waals surface area contributed by atoms with Gasteiger partial charge in [0.15, 0.2) is 0 Å². The first-order valence-electron chi connectivity index (χ1n) is 11.4. The molecule has 0 aliphatic heterocycles. The minimum atomic E-state index is -0.732. The van der Waals surface area contributed by atoms with Gasteiger partial charge in [0.1, 0.15) is 0 Å². The predicted octanol–water partition coefficient (Wildman–Crippen LogP) is 7.48. The summed E-state index contributed by atoms with van der Waals surface area (Å²) < 4.78 is 2.75. The largest absolute Gasteiger partial charge is 0.261 e. The Morgan fingerprint density at radius 1 is 0.500 bits per heavy atom. The summed E-state index contributed by atoms with van der Waals surface area (Å²) in [6, 6.07) is 40.3. The van der Waals surface area contributed by atoms with Crippen molar-refractivity contribution in [3.05, 3.63) is 131 Å². The van der Waals surface area contributed by atoms with E-state index in [-0.39, 0.29) is 12.1 Å². The van der Waals surface area contributed by atoms with Gasteiger partial charge in [-0.15, -0.1) is 0 Å². The summed E-state index contributed by atoms with van der Waals surface area (Å²) in [5.74, 6) is 0. The first-order valence-corrected chi connectivity index (χ1v) is 12.7. The molecule has 0 radical (unpaired) electrons. The lowest BCUT2D eigenvalue weighted by Gasteiger charge is -2.42. The van der Waals surface area contributed by atoms with Crippen LogP contribution in [0.2, 0.25) is 0 Å². The van der Waals surface area contributed by atoms with Crippen LogP contribution < -0.4 is 10.6 Å². The van der Waals surface area contributed by atoms with E-state index in [1.54, 1.807) is 0 Å². The van der Waals surface area contributed by atoms with Gasteiger partial charge in [-0.3, -0.25) is 4.67 Å². The molecule has 1 nitrogen and oxygen atoms in total. The zero-order chi connectivity index (χ0) is 22.5. The van der Waals surface area contributed by atoms with Gasteiger partial charge in [0.2, 0.25) is 0 Å². The molecular formula is C30H32NP. The number of hydrogen-bond acceptors (Lipinski definition) is 1. The fourth-order valence-corrected chi connectivity index (χ4v) is 7.31. The summed E-state index contributed by atoms with van der Waals surface area (Å²) in [4.78, 5) is 0. The van der Waals surface area contributed by atoms with Crippen molar-refractivity contribution in [3.8, 4) is 0 Å². The molecule has 4 aromatic rings. The topological polar surface area (TPSA) is 3.24 Å². The zero-order valence-electron chi connectivity index (χ0n) is 19.4. The molecule has 0 N–H and O–H groups in total. The Morgan fingerprint density at radius 2 is 0.844 bits per heavy atom. The highest BCUT2D eigenvalue weighted by atomic mass is 31.1. The molecule has 2 heteroatoms. The van der Waals surface area contributed by atoms with Crippen LogP contribution in [0.25, 0.3) is 0 Å². The van der Waals surface area contributed by atoms with E-state index in [2.05, 4.69) is 142 Å². The fraction of sp³-hybridized carbons (Fsp3) is 0.200. The van der Waals surface area contributed by atoms with Crippen LogP contribution >= 0.6 is 8.07 Å². The van der Waals surface area contributed by atoms with Crippen LogP contribution in [0.15, 0.2) is 109 Å². The van der Waals surface area contributed by atoms with Crippen molar-refractivity contribution in [2.75, 3.05) is 0 Å². The highest BCUT2D eigenvalue weighted by molar-refractivity contribution is 7.70. The van der Waals surface area contributed by atoms with Gasteiger partial charge < -0.3 is 0 Å². The van der Waals surface area contributed by atoms with E-state index in [9.17, 15) is 0 Å². The molecule has 0 aliphatic rings. The normalized spacial score (nSPS) is 13.3. The number of aryl methyl sites for hydroxylation is 2. The first-order chi connectivity index (χ1) is 15.6. The second kappa shape index (κ2) is 10.3. The average Bonchev–Trinajstić information content (AvgIpc) is 2.83. The van der Waals surface area contributed by atoms with Crippen molar-refractivity contribution in [1.82, 2.24) is 4.67 Å². The van der Waals surface area contributed by atoms with E-state index in [0.29, 0.717) is 0 Å². The van der Waals surface area contributed by atoms with Gasteiger partial charge in [-0.25, -0.2) is 0 Å². The molecule has 162 valence electrons. The van der Waals surface area contributed by atoms with Crippen molar-refractivity contribution in [2.24, 2.45) is 0 Å². The van der Waals surface area contributed by atoms with Crippen molar-refractivity contribution < 1.29 is 0 Å². The molecule has 0 saturated carbocycles. The SMILES string of the molecule is Cc1ccccc1[C@H](C)N([C@@H](C)c1ccccc1C)P(c1ccccc1)c1ccccc1. The Morgan fingerprint density at radius 3 is 1.22 bits per heavy atom. The quantitative estimate of drug-likeness (QED) is 0.271. The van der Waals surface area contributed by atoms with E-state index in [4.69, 9.17) is 0 Å². The molecule has 0 aliphatic carbocycles. The average molecular weight is 438 g/mol. The molecule has 0 saturated heterocycles. The van der Waals surface area contributed by atoms with Crippen molar-refractivity contribution in [2.45, 2.75) is 39.8 Å². The smallest absolute Gasteiger partial charge is 0.0371 e. The monoisotopic (exact) mass is 437 g/mol. The van der Waals surface area contributed by atoms with Crippen LogP contribution in [0, 0.1) is 13.8 Å². The van der Waals surface area contributed by atoms with Gasteiger partial charge >= 0.3 is 0 Å². The van der Waals surface area contributed by atoms with Crippen molar-refractivity contribution in [3.63, 3.8) is 0 Å². The van der Waals surface area contributed by atoms with Gasteiger partial charge in [0, 0.05) is 20.2 Å². The van der Waals surface area contributed by atoms with Crippen LogP contribution in [0.4, 0.5) is 0 Å². The standard InChI is InChI=1S/C30H32NP/c1-23-15-11-13-21-29(23)25(3)31(26(4)30-22-14-12-16-24(30)2)32(27-17-7-5-8-18-27)28-19-9-6-10-20-28/h5-22,25-26H,1-4H3/t25-,26-/m0/s1. The van der Waals surface area contributed by atoms with Crippen LogP contribution in [0.1, 0.15) is 48.2 Å². The third kappa shape index (κ3) is 4.70. The van der Waals surface area contributed by atoms with Crippen LogP contribution in [-0.2, 0) is 0 Å². The molecule has 4 aromatic carbocycles. The van der Waals surface area contributed by atoms with Crippen LogP contribution in [0.3, 0.4) is 0 Å². The lowest BCUT2D eigenvalue weighted by molar-refractivity contribution is 0.302. The summed E-state index contributed by atoms with van der Waals surface area (Å²) in [6.07, 6.45) is 0. The summed E-state index contributed by atoms with van der Waals surface area (Å²) in [5, 5.41) is 2.77. The van der Waals surface area contributed by atoms with Crippen LogP contribution in [-0.4, -0.2) is 4.67 Å². The van der Waals surface area contributed by atoms with E-state index < -0.39 is 8.07 Å². The zero-order valence-corrected chi connectivity index (χ0v) is 20.3. The van der Waals surface area contributed by atoms with E-state index in [0.717, 1.165) is 0 Å². The molecule has 0 heterocycles. The Bertz CT molecular complexity index is 1050. The highest BCUT2D eigenvalue weighted by Crippen LogP contribution is 2.50. The predicted molar refractivity (Wildman–Crippen MR) is 140 cm³/mol. The molecule has 0 aromatic heterocycles. The van der Waals surface area contributed by atoms with E-state index >= 15 is 0 Å². The van der Waals surface area contributed by atoms with Gasteiger partial charge in [-0.05, 0) is 60.6 Å². The number of benzene rings is 4. The lowest BCUT2D eigenvalue weighted by atomic mass is 9.98. The summed E-state index contributed by atoms with van der Waals surface area (Å²) in [7, 11) is -0.732. The maximum absolute atomic E-state index is 2.75. The molecule has 32 heavy (non-hydrogen) atoms. The van der Waals surface area contributed by atoms with E-state index in [1.165, 1.54) is 32.9 Å². The Labute approximate surface area is 194 Å². The molecule has 4 rings (SSSR count). The molecule has 0 fully saturated rings. The lowest BCUT2D eigenvalue weighted by Crippen LogP contribution is -2.33. The summed E-state index contributed by atoms with van der Waals surface area (Å²) in [5.41, 5.74) is 5.48. The van der Waals surface area contributed by atoms with Crippen molar-refractivity contribution >= 4 is 18.7 Å². The maximum atomic E-state index is 2.75. The molecule has 2 atom stereocenters. The second-order valence-electron chi connectivity index (χ2n) is 8.43. The molecule has 0 spiro atoms. The Kier molecular flexibility index (Phi) is 7.20. The molecule has 0 unspecified atom stereocenters. The molecule has 0 amide bonds. The minimum Gasteiger partial charge on any atom is -0.261 e. The van der Waals surface area contributed by atoms with Crippen molar-refractivity contribution in [1.29, 1.82) is 0 Å². The third-order valence-electron chi connectivity index (χ3n) is 6.30. The van der Waals surface area contributed by atoms with Gasteiger partial charge in [0.25, 0.3) is 0 Å². The van der Waals surface area contributed by atoms with Gasteiger partial charge in [-0.2, -0.15) is 0 Å². The fourth-order valence-electron chi connectivity index (χ4n) is 4.63. The highest BCUT2D eigenvalue weighted by Gasteiger charge is 2.33. The van der Waals surface area contributed by atoms with Gasteiger partial charge in [0.05, 0.1) is 0 Å². The molecule has 0 bridgehead atoms. The maximum Gasteiger partial charge on any atom is 0.0371 e. The van der Waals surface area contributed by atoms with Crippen LogP contribution in [0.5, 0.6) is 0 Å². The second-order valence-corrected chi connectivity index (χ2v) is 10.5. The summed E-state index contributed by atoms with van der Waals surface area (Å²) in [6.45, 7) is 9.21. The third-order valence-corrected chi connectivity index (χ3v) is 9.03. The number of rotatable bonds is 7. The summed E-state index contributed by atoms with van der Waals surface area (Å²) >= 11 is 0. The number of hydrogen-bond donors (Lipinski definition) is 0.